The number of fused-ring (bicyclic) bond motifs is 1. The molecule has 2 aromatic carbocycles. The van der Waals surface area contributed by atoms with Gasteiger partial charge in [-0.25, -0.2) is 8.42 Å². The molecule has 0 saturated heterocycles. The molecule has 1 aliphatic rings. The van der Waals surface area contributed by atoms with Gasteiger partial charge in [-0.2, -0.15) is 9.57 Å². The van der Waals surface area contributed by atoms with Crippen LogP contribution in [0.4, 0.5) is 0 Å². The molecular weight excluding hydrogens is 328 g/mol. The molecular formula is C17H16N2O4S. The first kappa shape index (κ1) is 16.3. The van der Waals surface area contributed by atoms with Gasteiger partial charge in [0.1, 0.15) is 12.7 Å². The lowest BCUT2D eigenvalue weighted by molar-refractivity contribution is 0.0798. The van der Waals surface area contributed by atoms with Crippen LogP contribution in [0.5, 0.6) is 11.5 Å². The van der Waals surface area contributed by atoms with Crippen molar-refractivity contribution in [1.29, 1.82) is 5.26 Å². The summed E-state index contributed by atoms with van der Waals surface area (Å²) in [4.78, 5) is 0.0844. The van der Waals surface area contributed by atoms with Crippen molar-refractivity contribution in [2.45, 2.75) is 11.0 Å². The Kier molecular flexibility index (Phi) is 4.42. The van der Waals surface area contributed by atoms with Crippen molar-refractivity contribution in [3.8, 4) is 17.6 Å². The summed E-state index contributed by atoms with van der Waals surface area (Å²) in [6.45, 7) is 0.419. The summed E-state index contributed by atoms with van der Waals surface area (Å²) in [6.07, 6.45) is -0.404. The van der Waals surface area contributed by atoms with Crippen LogP contribution in [0.3, 0.4) is 0 Å². The van der Waals surface area contributed by atoms with E-state index >= 15 is 0 Å². The Morgan fingerprint density at radius 3 is 2.71 bits per heavy atom. The van der Waals surface area contributed by atoms with Crippen molar-refractivity contribution < 1.29 is 17.9 Å². The van der Waals surface area contributed by atoms with Gasteiger partial charge in [0.15, 0.2) is 11.5 Å². The molecule has 24 heavy (non-hydrogen) atoms. The number of ether oxygens (including phenoxy) is 2. The lowest BCUT2D eigenvalue weighted by atomic mass is 10.2. The van der Waals surface area contributed by atoms with Gasteiger partial charge in [0.05, 0.1) is 23.1 Å². The number of sulfonamides is 1. The van der Waals surface area contributed by atoms with E-state index in [-0.39, 0.29) is 18.0 Å². The van der Waals surface area contributed by atoms with Gasteiger partial charge >= 0.3 is 0 Å². The van der Waals surface area contributed by atoms with E-state index in [4.69, 9.17) is 14.7 Å². The number of rotatable bonds is 4. The van der Waals surface area contributed by atoms with Crippen molar-refractivity contribution in [3.63, 3.8) is 0 Å². The van der Waals surface area contributed by atoms with E-state index in [1.165, 1.54) is 23.5 Å². The molecule has 0 saturated carbocycles. The van der Waals surface area contributed by atoms with Gasteiger partial charge in [0, 0.05) is 7.05 Å². The third-order valence-corrected chi connectivity index (χ3v) is 5.52. The molecule has 0 bridgehead atoms. The second-order valence-electron chi connectivity index (χ2n) is 5.42. The molecule has 0 aromatic heterocycles. The number of likely N-dealkylation sites (N-methyl/N-ethyl adjacent to an activating group) is 1. The highest BCUT2D eigenvalue weighted by molar-refractivity contribution is 7.89. The minimum absolute atomic E-state index is 0.0844. The zero-order valence-corrected chi connectivity index (χ0v) is 13.9. The van der Waals surface area contributed by atoms with E-state index < -0.39 is 16.1 Å². The van der Waals surface area contributed by atoms with Gasteiger partial charge in [-0.15, -0.1) is 0 Å². The Hall–Kier alpha value is -2.56. The molecule has 0 N–H and O–H groups in total. The standard InChI is InChI=1S/C17H16N2O4S/c1-19(24(20,21)15-6-4-5-13(9-15)10-18)11-14-12-22-16-7-2-3-8-17(16)23-14/h2-9,14H,11-12H2,1H3/t14-/m1/s1. The van der Waals surface area contributed by atoms with Crippen LogP contribution in [-0.4, -0.2) is 39.0 Å². The lowest BCUT2D eigenvalue weighted by Crippen LogP contribution is -2.41. The van der Waals surface area contributed by atoms with Crippen LogP contribution in [0.1, 0.15) is 5.56 Å². The number of nitriles is 1. The van der Waals surface area contributed by atoms with Gasteiger partial charge in [0.2, 0.25) is 10.0 Å². The van der Waals surface area contributed by atoms with Crippen LogP contribution in [0, 0.1) is 11.3 Å². The molecule has 0 unspecified atom stereocenters. The fraction of sp³-hybridized carbons (Fsp3) is 0.235. The van der Waals surface area contributed by atoms with Gasteiger partial charge < -0.3 is 9.47 Å². The van der Waals surface area contributed by atoms with E-state index in [1.807, 2.05) is 18.2 Å². The number of nitrogens with zero attached hydrogens (tertiary/aromatic N) is 2. The number of hydrogen-bond acceptors (Lipinski definition) is 5. The predicted octanol–water partition coefficient (Wildman–Crippen LogP) is 2.02. The lowest BCUT2D eigenvalue weighted by Gasteiger charge is -2.29. The molecule has 7 heteroatoms. The summed E-state index contributed by atoms with van der Waals surface area (Å²) in [7, 11) is -2.22. The third-order valence-electron chi connectivity index (χ3n) is 3.70. The monoisotopic (exact) mass is 344 g/mol. The first-order valence-electron chi connectivity index (χ1n) is 7.35. The third kappa shape index (κ3) is 3.20. The zero-order valence-electron chi connectivity index (χ0n) is 13.0. The normalized spacial score (nSPS) is 16.6. The molecule has 1 heterocycles. The Bertz CT molecular complexity index is 889. The van der Waals surface area contributed by atoms with Gasteiger partial charge in [-0.05, 0) is 30.3 Å². The van der Waals surface area contributed by atoms with Gasteiger partial charge in [-0.1, -0.05) is 18.2 Å². The van der Waals surface area contributed by atoms with E-state index in [1.54, 1.807) is 24.3 Å². The van der Waals surface area contributed by atoms with E-state index in [0.29, 0.717) is 17.1 Å². The average Bonchev–Trinajstić information content (AvgIpc) is 2.61. The maximum absolute atomic E-state index is 12.6. The summed E-state index contributed by atoms with van der Waals surface area (Å²) < 4.78 is 37.9. The van der Waals surface area contributed by atoms with Crippen LogP contribution in [0.25, 0.3) is 0 Å². The maximum atomic E-state index is 12.6. The molecule has 0 fully saturated rings. The number of para-hydroxylation sites is 2. The van der Waals surface area contributed by atoms with Crippen LogP contribution in [0.15, 0.2) is 53.4 Å². The maximum Gasteiger partial charge on any atom is 0.242 e. The SMILES string of the molecule is CN(C[C@@H]1COc2ccccc2O1)S(=O)(=O)c1cccc(C#N)c1. The van der Waals surface area contributed by atoms with Crippen LogP contribution >= 0.6 is 0 Å². The van der Waals surface area contributed by atoms with Crippen molar-refractivity contribution in [3.05, 3.63) is 54.1 Å². The Labute approximate surface area is 140 Å². The second kappa shape index (κ2) is 6.51. The fourth-order valence-corrected chi connectivity index (χ4v) is 3.69. The summed E-state index contributed by atoms with van der Waals surface area (Å²) in [6, 6.07) is 15.2. The molecule has 3 rings (SSSR count). The van der Waals surface area contributed by atoms with Crippen LogP contribution < -0.4 is 9.47 Å². The molecule has 2 aromatic rings. The molecule has 0 radical (unpaired) electrons. The van der Waals surface area contributed by atoms with Crippen LogP contribution in [-0.2, 0) is 10.0 Å². The Morgan fingerprint density at radius 2 is 1.96 bits per heavy atom. The summed E-state index contributed by atoms with van der Waals surface area (Å²) in [5.41, 5.74) is 0.302. The van der Waals surface area contributed by atoms with E-state index in [9.17, 15) is 8.42 Å². The predicted molar refractivity (Wildman–Crippen MR) is 87.3 cm³/mol. The highest BCUT2D eigenvalue weighted by atomic mass is 32.2. The summed E-state index contributed by atoms with van der Waals surface area (Å²) in [5, 5.41) is 8.93. The Morgan fingerprint density at radius 1 is 1.21 bits per heavy atom. The minimum atomic E-state index is -3.70. The van der Waals surface area contributed by atoms with Gasteiger partial charge in [0.25, 0.3) is 0 Å². The highest BCUT2D eigenvalue weighted by Gasteiger charge is 2.28. The zero-order chi connectivity index (χ0) is 17.2. The molecule has 0 aliphatic carbocycles. The molecule has 124 valence electrons. The second-order valence-corrected chi connectivity index (χ2v) is 7.47. The van der Waals surface area contributed by atoms with Crippen molar-refractivity contribution in [2.75, 3.05) is 20.2 Å². The molecule has 1 aliphatic heterocycles. The molecule has 0 spiro atoms. The average molecular weight is 344 g/mol. The Balaban J connectivity index is 1.75. The number of hydrogen-bond donors (Lipinski definition) is 0. The van der Waals surface area contributed by atoms with Crippen molar-refractivity contribution in [1.82, 2.24) is 4.31 Å². The summed E-state index contributed by atoms with van der Waals surface area (Å²) >= 11 is 0. The largest absolute Gasteiger partial charge is 0.486 e. The quantitative estimate of drug-likeness (QED) is 0.848. The topological polar surface area (TPSA) is 79.6 Å². The van der Waals surface area contributed by atoms with Crippen molar-refractivity contribution in [2.24, 2.45) is 0 Å². The van der Waals surface area contributed by atoms with Crippen molar-refractivity contribution >= 4 is 10.0 Å². The van der Waals surface area contributed by atoms with E-state index in [0.717, 1.165) is 0 Å². The smallest absolute Gasteiger partial charge is 0.242 e. The fourth-order valence-electron chi connectivity index (χ4n) is 2.44. The molecule has 1 atom stereocenters. The van der Waals surface area contributed by atoms with Gasteiger partial charge in [-0.3, -0.25) is 0 Å². The minimum Gasteiger partial charge on any atom is -0.486 e. The molecule has 0 amide bonds. The van der Waals surface area contributed by atoms with E-state index in [2.05, 4.69) is 0 Å². The highest BCUT2D eigenvalue weighted by Crippen LogP contribution is 2.31. The summed E-state index contributed by atoms with van der Waals surface area (Å²) in [5.74, 6) is 1.26. The first-order chi connectivity index (χ1) is 11.5. The van der Waals surface area contributed by atoms with Crippen LogP contribution in [0.2, 0.25) is 0 Å². The first-order valence-corrected chi connectivity index (χ1v) is 8.79. The number of benzene rings is 2. The molecule has 6 nitrogen and oxygen atoms in total.